The normalized spacial score (nSPS) is 13.6. The van der Waals surface area contributed by atoms with Crippen molar-refractivity contribution in [1.29, 1.82) is 0 Å². The Balaban J connectivity index is 1.38. The second-order valence-corrected chi connectivity index (χ2v) is 13.2. The molecule has 0 saturated heterocycles. The zero-order valence-corrected chi connectivity index (χ0v) is 26.6. The standard InChI is InChI=1S/C35H36ClN3O5S/c1-44-32-10-6-5-9-28(32)23-37-35(41)34(27-7-3-2-4-8-27)39(24-26-11-16-29(36)17-12-26)33(40)22-15-25-13-20-31(21-14-25)45(42,43)38-30-18-19-30/h2-14,16-17,20-21,30,34,38H,15,18-19,22-24H2,1H3,(H,37,41)/t34-/m1/s1. The van der Waals surface area contributed by atoms with Crippen molar-refractivity contribution in [3.05, 3.63) is 130 Å². The second kappa shape index (κ2) is 14.7. The molecule has 0 bridgehead atoms. The Morgan fingerprint density at radius 3 is 2.20 bits per heavy atom. The first-order chi connectivity index (χ1) is 21.7. The van der Waals surface area contributed by atoms with Crippen LogP contribution in [0.1, 0.15) is 47.6 Å². The molecule has 1 aliphatic rings. The van der Waals surface area contributed by atoms with Crippen LogP contribution in [0.3, 0.4) is 0 Å². The molecular weight excluding hydrogens is 610 g/mol. The van der Waals surface area contributed by atoms with E-state index in [1.165, 1.54) is 0 Å². The molecule has 45 heavy (non-hydrogen) atoms. The van der Waals surface area contributed by atoms with Gasteiger partial charge in [0.05, 0.1) is 12.0 Å². The van der Waals surface area contributed by atoms with Crippen LogP contribution in [0.2, 0.25) is 5.02 Å². The summed E-state index contributed by atoms with van der Waals surface area (Å²) in [6, 6.07) is 29.6. The summed E-state index contributed by atoms with van der Waals surface area (Å²) in [6.07, 6.45) is 2.20. The van der Waals surface area contributed by atoms with Gasteiger partial charge in [-0.1, -0.05) is 84.4 Å². The quantitative estimate of drug-likeness (QED) is 0.180. The van der Waals surface area contributed by atoms with Crippen LogP contribution >= 0.6 is 11.6 Å². The molecule has 234 valence electrons. The van der Waals surface area contributed by atoms with Crippen molar-refractivity contribution >= 4 is 33.4 Å². The van der Waals surface area contributed by atoms with Crippen LogP contribution in [0.5, 0.6) is 5.75 Å². The fourth-order valence-corrected chi connectivity index (χ4v) is 6.50. The molecule has 8 nitrogen and oxygen atoms in total. The molecule has 10 heteroatoms. The minimum absolute atomic E-state index is 0.0170. The molecule has 2 N–H and O–H groups in total. The number of sulfonamides is 1. The van der Waals surface area contributed by atoms with Crippen LogP contribution in [0.4, 0.5) is 0 Å². The van der Waals surface area contributed by atoms with Crippen LogP contribution in [0.25, 0.3) is 0 Å². The largest absolute Gasteiger partial charge is 0.496 e. The smallest absolute Gasteiger partial charge is 0.247 e. The fraction of sp³-hybridized carbons (Fsp3) is 0.257. The number of ether oxygens (including phenoxy) is 1. The van der Waals surface area contributed by atoms with Crippen molar-refractivity contribution < 1.29 is 22.7 Å². The van der Waals surface area contributed by atoms with Gasteiger partial charge in [-0.2, -0.15) is 0 Å². The maximum atomic E-state index is 14.0. The van der Waals surface area contributed by atoms with Crippen LogP contribution < -0.4 is 14.8 Å². The Labute approximate surface area is 269 Å². The van der Waals surface area contributed by atoms with Gasteiger partial charge in [-0.15, -0.1) is 0 Å². The number of nitrogens with one attached hydrogen (secondary N) is 2. The number of benzene rings is 4. The molecule has 1 saturated carbocycles. The average molecular weight is 646 g/mol. The zero-order valence-electron chi connectivity index (χ0n) is 25.0. The molecule has 0 radical (unpaired) electrons. The highest BCUT2D eigenvalue weighted by atomic mass is 35.5. The summed E-state index contributed by atoms with van der Waals surface area (Å²) in [5.74, 6) is 0.107. The Morgan fingerprint density at radius 1 is 0.889 bits per heavy atom. The fourth-order valence-electron chi connectivity index (χ4n) is 5.06. The number of rotatable bonds is 14. The number of halogens is 1. The zero-order chi connectivity index (χ0) is 31.8. The Hall–Kier alpha value is -4.18. The third-order valence-electron chi connectivity index (χ3n) is 7.67. The number of methoxy groups -OCH3 is 1. The van der Waals surface area contributed by atoms with Crippen molar-refractivity contribution in [2.75, 3.05) is 7.11 Å². The van der Waals surface area contributed by atoms with E-state index in [0.717, 1.165) is 29.5 Å². The van der Waals surface area contributed by atoms with E-state index in [-0.39, 0.29) is 42.3 Å². The van der Waals surface area contributed by atoms with E-state index < -0.39 is 16.1 Å². The highest BCUT2D eigenvalue weighted by Gasteiger charge is 2.32. The average Bonchev–Trinajstić information content (AvgIpc) is 3.87. The third-order valence-corrected chi connectivity index (χ3v) is 9.46. The van der Waals surface area contributed by atoms with Gasteiger partial charge in [-0.3, -0.25) is 9.59 Å². The molecule has 0 unspecified atom stereocenters. The molecule has 5 rings (SSSR count). The molecule has 0 aliphatic heterocycles. The Bertz CT molecular complexity index is 1710. The van der Waals surface area contributed by atoms with Crippen molar-refractivity contribution in [3.8, 4) is 5.75 Å². The Kier molecular flexibility index (Phi) is 10.5. The summed E-state index contributed by atoms with van der Waals surface area (Å²) in [5, 5.41) is 3.59. The van der Waals surface area contributed by atoms with E-state index in [0.29, 0.717) is 22.8 Å². The molecular formula is C35H36ClN3O5S. The highest BCUT2D eigenvalue weighted by molar-refractivity contribution is 7.89. The number of carbonyl (C=O) groups excluding carboxylic acids is 2. The van der Waals surface area contributed by atoms with Crippen molar-refractivity contribution in [3.63, 3.8) is 0 Å². The van der Waals surface area contributed by atoms with Gasteiger partial charge in [0, 0.05) is 36.1 Å². The first kappa shape index (κ1) is 32.2. The number of carbonyl (C=O) groups is 2. The van der Waals surface area contributed by atoms with Crippen molar-refractivity contribution in [1.82, 2.24) is 14.9 Å². The van der Waals surface area contributed by atoms with Crippen molar-refractivity contribution in [2.24, 2.45) is 0 Å². The van der Waals surface area contributed by atoms with Crippen LogP contribution in [-0.4, -0.2) is 38.3 Å². The molecule has 2 amide bonds. The molecule has 4 aromatic rings. The maximum absolute atomic E-state index is 14.0. The van der Waals surface area contributed by atoms with E-state index in [1.54, 1.807) is 48.4 Å². The number of aryl methyl sites for hydroxylation is 1. The predicted octanol–water partition coefficient (Wildman–Crippen LogP) is 5.81. The highest BCUT2D eigenvalue weighted by Crippen LogP contribution is 2.27. The number of para-hydroxylation sites is 1. The number of nitrogens with zero attached hydrogens (tertiary/aromatic N) is 1. The van der Waals surface area contributed by atoms with Crippen LogP contribution in [-0.2, 0) is 39.1 Å². The summed E-state index contributed by atoms with van der Waals surface area (Å²) in [6.45, 7) is 0.404. The molecule has 0 heterocycles. The minimum Gasteiger partial charge on any atom is -0.496 e. The molecule has 4 aromatic carbocycles. The number of hydrogen-bond acceptors (Lipinski definition) is 5. The summed E-state index contributed by atoms with van der Waals surface area (Å²) in [5.41, 5.74) is 3.13. The number of amides is 2. The molecule has 0 aromatic heterocycles. The van der Waals surface area contributed by atoms with Gasteiger partial charge in [0.25, 0.3) is 0 Å². The molecule has 1 fully saturated rings. The van der Waals surface area contributed by atoms with Gasteiger partial charge in [0.15, 0.2) is 0 Å². The van der Waals surface area contributed by atoms with Gasteiger partial charge >= 0.3 is 0 Å². The number of hydrogen-bond donors (Lipinski definition) is 2. The van der Waals surface area contributed by atoms with E-state index in [9.17, 15) is 18.0 Å². The van der Waals surface area contributed by atoms with Gasteiger partial charge in [-0.05, 0) is 66.3 Å². The minimum atomic E-state index is -3.56. The topological polar surface area (TPSA) is 105 Å². The lowest BCUT2D eigenvalue weighted by molar-refractivity contribution is -0.141. The maximum Gasteiger partial charge on any atom is 0.247 e. The van der Waals surface area contributed by atoms with Gasteiger partial charge in [0.1, 0.15) is 11.8 Å². The summed E-state index contributed by atoms with van der Waals surface area (Å²) in [4.78, 5) is 29.8. The lowest BCUT2D eigenvalue weighted by atomic mass is 10.0. The second-order valence-electron chi connectivity index (χ2n) is 11.0. The Morgan fingerprint density at radius 2 is 1.53 bits per heavy atom. The molecule has 1 aliphatic carbocycles. The van der Waals surface area contributed by atoms with E-state index in [2.05, 4.69) is 10.0 Å². The monoisotopic (exact) mass is 645 g/mol. The van der Waals surface area contributed by atoms with Gasteiger partial charge in [-0.25, -0.2) is 13.1 Å². The summed E-state index contributed by atoms with van der Waals surface area (Å²) in [7, 11) is -1.98. The summed E-state index contributed by atoms with van der Waals surface area (Å²) >= 11 is 6.13. The predicted molar refractivity (Wildman–Crippen MR) is 174 cm³/mol. The van der Waals surface area contributed by atoms with Crippen LogP contribution in [0, 0.1) is 0 Å². The van der Waals surface area contributed by atoms with Gasteiger partial charge < -0.3 is 15.0 Å². The van der Waals surface area contributed by atoms with E-state index >= 15 is 0 Å². The summed E-state index contributed by atoms with van der Waals surface area (Å²) < 4.78 is 33.3. The first-order valence-corrected chi connectivity index (χ1v) is 16.7. The van der Waals surface area contributed by atoms with Gasteiger partial charge in [0.2, 0.25) is 21.8 Å². The van der Waals surface area contributed by atoms with E-state index in [4.69, 9.17) is 16.3 Å². The molecule has 1 atom stereocenters. The first-order valence-electron chi connectivity index (χ1n) is 14.8. The molecule has 0 spiro atoms. The SMILES string of the molecule is COc1ccccc1CNC(=O)[C@@H](c1ccccc1)N(Cc1ccc(Cl)cc1)C(=O)CCc1ccc(S(=O)(=O)NC2CC2)cc1. The lowest BCUT2D eigenvalue weighted by Gasteiger charge is -2.32. The van der Waals surface area contributed by atoms with E-state index in [1.807, 2.05) is 66.7 Å². The third kappa shape index (κ3) is 8.72. The van der Waals surface area contributed by atoms with Crippen molar-refractivity contribution in [2.45, 2.75) is 55.8 Å². The van der Waals surface area contributed by atoms with Crippen LogP contribution in [0.15, 0.2) is 108 Å². The lowest BCUT2D eigenvalue weighted by Crippen LogP contribution is -2.43.